The fourth-order valence-electron chi connectivity index (χ4n) is 1.78. The average Bonchev–Trinajstić information content (AvgIpc) is 2.75. The standard InChI is InChI=1S/C13H25N3O3/c1-5-11(17)14-6-7-15-8-9-16(10-15)12(18)19-13(2,3)4/h5-10H2,1-4H3,(H,14,17). The third-order valence-corrected chi connectivity index (χ3v) is 2.78. The van der Waals surface area contributed by atoms with Crippen LogP contribution in [0.25, 0.3) is 0 Å². The van der Waals surface area contributed by atoms with Crippen LogP contribution in [-0.4, -0.2) is 60.2 Å². The Hall–Kier alpha value is -1.30. The zero-order valence-electron chi connectivity index (χ0n) is 12.4. The molecule has 110 valence electrons. The molecule has 19 heavy (non-hydrogen) atoms. The van der Waals surface area contributed by atoms with E-state index >= 15 is 0 Å². The Balaban J connectivity index is 2.26. The predicted octanol–water partition coefficient (Wildman–Crippen LogP) is 1.02. The highest BCUT2D eigenvalue weighted by Gasteiger charge is 2.27. The molecule has 1 fully saturated rings. The lowest BCUT2D eigenvalue weighted by Gasteiger charge is -2.24. The van der Waals surface area contributed by atoms with E-state index in [2.05, 4.69) is 10.2 Å². The lowest BCUT2D eigenvalue weighted by molar-refractivity contribution is -0.120. The van der Waals surface area contributed by atoms with E-state index in [-0.39, 0.29) is 12.0 Å². The summed E-state index contributed by atoms with van der Waals surface area (Å²) in [7, 11) is 0. The third-order valence-electron chi connectivity index (χ3n) is 2.78. The predicted molar refractivity (Wildman–Crippen MR) is 72.7 cm³/mol. The number of hydrogen-bond acceptors (Lipinski definition) is 4. The molecule has 1 heterocycles. The first-order chi connectivity index (χ1) is 8.81. The number of hydrogen-bond donors (Lipinski definition) is 1. The van der Waals surface area contributed by atoms with Crippen LogP contribution in [0, 0.1) is 0 Å². The molecule has 2 amide bonds. The molecule has 0 radical (unpaired) electrons. The van der Waals surface area contributed by atoms with Crippen molar-refractivity contribution in [1.29, 1.82) is 0 Å². The zero-order valence-corrected chi connectivity index (χ0v) is 12.4. The molecule has 0 aliphatic carbocycles. The fraction of sp³-hybridized carbons (Fsp3) is 0.846. The third kappa shape index (κ3) is 5.92. The Morgan fingerprint density at radius 2 is 1.95 bits per heavy atom. The highest BCUT2D eigenvalue weighted by Crippen LogP contribution is 2.12. The molecule has 0 saturated carbocycles. The Morgan fingerprint density at radius 1 is 1.26 bits per heavy atom. The summed E-state index contributed by atoms with van der Waals surface area (Å²) in [5, 5.41) is 2.83. The van der Waals surface area contributed by atoms with E-state index < -0.39 is 5.60 Å². The van der Waals surface area contributed by atoms with E-state index in [4.69, 9.17) is 4.74 Å². The van der Waals surface area contributed by atoms with Gasteiger partial charge in [-0.05, 0) is 20.8 Å². The van der Waals surface area contributed by atoms with E-state index in [1.54, 1.807) is 4.90 Å². The molecule has 1 aliphatic rings. The molecule has 1 N–H and O–H groups in total. The number of carbonyl (C=O) groups excluding carboxylic acids is 2. The van der Waals surface area contributed by atoms with Crippen molar-refractivity contribution in [3.05, 3.63) is 0 Å². The summed E-state index contributed by atoms with van der Waals surface area (Å²) in [5.41, 5.74) is -0.459. The summed E-state index contributed by atoms with van der Waals surface area (Å²) in [4.78, 5) is 26.8. The number of nitrogens with one attached hydrogen (secondary N) is 1. The molecule has 1 rings (SSSR count). The second-order valence-electron chi connectivity index (χ2n) is 5.71. The molecule has 0 bridgehead atoms. The number of rotatable bonds is 4. The van der Waals surface area contributed by atoms with E-state index in [9.17, 15) is 9.59 Å². The number of nitrogens with zero attached hydrogens (tertiary/aromatic N) is 2. The fourth-order valence-corrected chi connectivity index (χ4v) is 1.78. The van der Waals surface area contributed by atoms with Gasteiger partial charge in [-0.25, -0.2) is 4.79 Å². The molecule has 1 saturated heterocycles. The maximum atomic E-state index is 11.8. The molecule has 0 unspecified atom stereocenters. The summed E-state index contributed by atoms with van der Waals surface area (Å²) in [5.74, 6) is 0.0585. The van der Waals surface area contributed by atoms with E-state index in [0.29, 0.717) is 26.2 Å². The normalized spacial score (nSPS) is 16.5. The molecular weight excluding hydrogens is 246 g/mol. The second-order valence-corrected chi connectivity index (χ2v) is 5.71. The second kappa shape index (κ2) is 6.75. The van der Waals surface area contributed by atoms with Crippen molar-refractivity contribution in [2.75, 3.05) is 32.8 Å². The van der Waals surface area contributed by atoms with E-state index in [1.807, 2.05) is 27.7 Å². The maximum Gasteiger partial charge on any atom is 0.411 e. The van der Waals surface area contributed by atoms with Crippen LogP contribution < -0.4 is 5.32 Å². The largest absolute Gasteiger partial charge is 0.444 e. The summed E-state index contributed by atoms with van der Waals surface area (Å²) < 4.78 is 5.32. The maximum absolute atomic E-state index is 11.8. The van der Waals surface area contributed by atoms with Crippen LogP contribution in [0.5, 0.6) is 0 Å². The topological polar surface area (TPSA) is 61.9 Å². The minimum atomic E-state index is -0.459. The quantitative estimate of drug-likeness (QED) is 0.829. The van der Waals surface area contributed by atoms with Crippen LogP contribution >= 0.6 is 0 Å². The van der Waals surface area contributed by atoms with Crippen molar-refractivity contribution >= 4 is 12.0 Å². The van der Waals surface area contributed by atoms with E-state index in [0.717, 1.165) is 13.1 Å². The first-order valence-electron chi connectivity index (χ1n) is 6.79. The van der Waals surface area contributed by atoms with Gasteiger partial charge in [0, 0.05) is 32.6 Å². The van der Waals surface area contributed by atoms with Crippen molar-refractivity contribution in [3.63, 3.8) is 0 Å². The Morgan fingerprint density at radius 3 is 2.53 bits per heavy atom. The molecular formula is C13H25N3O3. The molecule has 6 heteroatoms. The van der Waals surface area contributed by atoms with Crippen LogP contribution in [0.2, 0.25) is 0 Å². The molecule has 0 aromatic rings. The number of amides is 2. The smallest absolute Gasteiger partial charge is 0.411 e. The first kappa shape index (κ1) is 15.8. The van der Waals surface area contributed by atoms with Crippen LogP contribution in [0.15, 0.2) is 0 Å². The van der Waals surface area contributed by atoms with Gasteiger partial charge in [-0.3, -0.25) is 14.6 Å². The summed E-state index contributed by atoms with van der Waals surface area (Å²) in [6, 6.07) is 0. The van der Waals surface area contributed by atoms with Gasteiger partial charge in [-0.15, -0.1) is 0 Å². The summed E-state index contributed by atoms with van der Waals surface area (Å²) in [6.45, 7) is 10.8. The van der Waals surface area contributed by atoms with Gasteiger partial charge < -0.3 is 10.1 Å². The van der Waals surface area contributed by atoms with Gasteiger partial charge in [-0.1, -0.05) is 6.92 Å². The van der Waals surface area contributed by atoms with Crippen molar-refractivity contribution in [1.82, 2.24) is 15.1 Å². The molecule has 0 aromatic carbocycles. The minimum absolute atomic E-state index is 0.0585. The molecule has 1 aliphatic heterocycles. The Labute approximate surface area is 115 Å². The van der Waals surface area contributed by atoms with E-state index in [1.165, 1.54) is 0 Å². The average molecular weight is 271 g/mol. The Kier molecular flexibility index (Phi) is 5.60. The number of carbonyl (C=O) groups is 2. The number of ether oxygens (including phenoxy) is 1. The lowest BCUT2D eigenvalue weighted by Crippen LogP contribution is -2.38. The molecule has 0 atom stereocenters. The van der Waals surface area contributed by atoms with Gasteiger partial charge in [0.2, 0.25) is 5.91 Å². The first-order valence-corrected chi connectivity index (χ1v) is 6.79. The van der Waals surface area contributed by atoms with Gasteiger partial charge in [0.15, 0.2) is 0 Å². The van der Waals surface area contributed by atoms with Crippen LogP contribution in [-0.2, 0) is 9.53 Å². The highest BCUT2D eigenvalue weighted by atomic mass is 16.6. The van der Waals surface area contributed by atoms with Crippen molar-refractivity contribution in [3.8, 4) is 0 Å². The SMILES string of the molecule is CCC(=O)NCCN1CCN(C(=O)OC(C)(C)C)C1. The monoisotopic (exact) mass is 271 g/mol. The zero-order chi connectivity index (χ0) is 14.5. The molecule has 6 nitrogen and oxygen atoms in total. The lowest BCUT2D eigenvalue weighted by atomic mass is 10.2. The summed E-state index contributed by atoms with van der Waals surface area (Å²) in [6.07, 6.45) is 0.233. The van der Waals surface area contributed by atoms with Crippen LogP contribution in [0.4, 0.5) is 4.79 Å². The van der Waals surface area contributed by atoms with Crippen LogP contribution in [0.1, 0.15) is 34.1 Å². The molecule has 0 spiro atoms. The van der Waals surface area contributed by atoms with Crippen molar-refractivity contribution in [2.45, 2.75) is 39.7 Å². The van der Waals surface area contributed by atoms with Crippen molar-refractivity contribution < 1.29 is 14.3 Å². The van der Waals surface area contributed by atoms with Gasteiger partial charge >= 0.3 is 6.09 Å². The highest BCUT2D eigenvalue weighted by molar-refractivity contribution is 5.75. The van der Waals surface area contributed by atoms with Gasteiger partial charge in [0.05, 0.1) is 6.67 Å². The summed E-state index contributed by atoms with van der Waals surface area (Å²) >= 11 is 0. The van der Waals surface area contributed by atoms with Crippen LogP contribution in [0.3, 0.4) is 0 Å². The van der Waals surface area contributed by atoms with Crippen molar-refractivity contribution in [2.24, 2.45) is 0 Å². The van der Waals surface area contributed by atoms with Gasteiger partial charge in [0.25, 0.3) is 0 Å². The van der Waals surface area contributed by atoms with Gasteiger partial charge in [-0.2, -0.15) is 0 Å². The minimum Gasteiger partial charge on any atom is -0.444 e. The van der Waals surface area contributed by atoms with Gasteiger partial charge in [0.1, 0.15) is 5.60 Å². The molecule has 0 aromatic heterocycles. The Bertz CT molecular complexity index is 326.